The maximum absolute atomic E-state index is 5.76. The molecule has 0 aliphatic carbocycles. The predicted octanol–water partition coefficient (Wildman–Crippen LogP) is 2.43. The lowest BCUT2D eigenvalue weighted by Gasteiger charge is -2.40. The molecule has 2 rings (SSSR count). The van der Waals surface area contributed by atoms with Crippen LogP contribution in [0.1, 0.15) is 26.7 Å². The molecule has 4 heteroatoms. The third-order valence-corrected chi connectivity index (χ3v) is 4.56. The van der Waals surface area contributed by atoms with Crippen LogP contribution in [0.5, 0.6) is 0 Å². The van der Waals surface area contributed by atoms with Crippen molar-refractivity contribution in [2.75, 3.05) is 52.9 Å². The number of hydrogen-bond donors (Lipinski definition) is 0. The van der Waals surface area contributed by atoms with E-state index in [4.69, 9.17) is 18.9 Å². The van der Waals surface area contributed by atoms with Gasteiger partial charge in [-0.3, -0.25) is 0 Å². The Morgan fingerprint density at radius 2 is 1.30 bits per heavy atom. The summed E-state index contributed by atoms with van der Waals surface area (Å²) in [5, 5.41) is 0. The maximum atomic E-state index is 5.76. The second kappa shape index (κ2) is 7.03. The molecule has 0 N–H and O–H groups in total. The first-order valence-corrected chi connectivity index (χ1v) is 7.61. The Morgan fingerprint density at radius 3 is 1.55 bits per heavy atom. The Balaban J connectivity index is 1.54. The van der Waals surface area contributed by atoms with E-state index in [9.17, 15) is 0 Å². The van der Waals surface area contributed by atoms with Gasteiger partial charge in [-0.05, 0) is 18.4 Å². The fourth-order valence-corrected chi connectivity index (χ4v) is 2.43. The lowest BCUT2D eigenvalue weighted by Crippen LogP contribution is -2.46. The van der Waals surface area contributed by atoms with E-state index in [1.807, 2.05) is 0 Å². The van der Waals surface area contributed by atoms with Crippen molar-refractivity contribution in [3.05, 3.63) is 12.2 Å². The summed E-state index contributed by atoms with van der Waals surface area (Å²) in [6, 6.07) is 0. The Kier molecular flexibility index (Phi) is 5.61. The van der Waals surface area contributed by atoms with Gasteiger partial charge in [-0.25, -0.2) is 0 Å². The largest absolute Gasteiger partial charge is 0.380 e. The first kappa shape index (κ1) is 16.0. The molecule has 2 saturated heterocycles. The van der Waals surface area contributed by atoms with E-state index in [-0.39, 0.29) is 10.8 Å². The van der Waals surface area contributed by atoms with Crippen molar-refractivity contribution in [3.63, 3.8) is 0 Å². The highest BCUT2D eigenvalue weighted by Crippen LogP contribution is 2.32. The van der Waals surface area contributed by atoms with Crippen LogP contribution in [0.3, 0.4) is 0 Å². The summed E-state index contributed by atoms with van der Waals surface area (Å²) in [7, 11) is 0. The lowest BCUT2D eigenvalue weighted by molar-refractivity contribution is -0.152. The minimum Gasteiger partial charge on any atom is -0.380 e. The van der Waals surface area contributed by atoms with Crippen molar-refractivity contribution in [2.45, 2.75) is 26.7 Å². The molecule has 0 unspecified atom stereocenters. The summed E-state index contributed by atoms with van der Waals surface area (Å²) in [6.07, 6.45) is 2.21. The lowest BCUT2D eigenvalue weighted by atomic mass is 9.84. The highest BCUT2D eigenvalue weighted by Gasteiger charge is 2.37. The zero-order valence-corrected chi connectivity index (χ0v) is 12.9. The van der Waals surface area contributed by atoms with Crippen LogP contribution >= 0.6 is 0 Å². The molecular weight excluding hydrogens is 256 g/mol. The molecule has 0 atom stereocenters. The highest BCUT2D eigenvalue weighted by atomic mass is 16.5. The minimum atomic E-state index is 0.247. The fraction of sp³-hybridized carbons (Fsp3) is 0.875. The Morgan fingerprint density at radius 1 is 0.900 bits per heavy atom. The van der Waals surface area contributed by atoms with Crippen LogP contribution in [0.15, 0.2) is 12.2 Å². The zero-order valence-electron chi connectivity index (χ0n) is 12.9. The first-order chi connectivity index (χ1) is 9.64. The predicted molar refractivity (Wildman–Crippen MR) is 77.9 cm³/mol. The van der Waals surface area contributed by atoms with Crippen molar-refractivity contribution in [1.29, 1.82) is 0 Å². The Bertz CT molecular complexity index is 277. The molecule has 2 aliphatic rings. The summed E-state index contributed by atoms with van der Waals surface area (Å²) in [5.74, 6) is 0. The number of ether oxygens (including phenoxy) is 4. The SMILES string of the molecule is C=C(COCC1(CC)COC1)COCC1(CC)COC1. The molecule has 2 fully saturated rings. The molecule has 2 heterocycles. The fourth-order valence-electron chi connectivity index (χ4n) is 2.43. The molecule has 116 valence electrons. The van der Waals surface area contributed by atoms with Gasteiger partial charge in [0, 0.05) is 10.8 Å². The third-order valence-electron chi connectivity index (χ3n) is 4.56. The topological polar surface area (TPSA) is 36.9 Å². The summed E-state index contributed by atoms with van der Waals surface area (Å²) >= 11 is 0. The summed E-state index contributed by atoms with van der Waals surface area (Å²) < 4.78 is 22.1. The quantitative estimate of drug-likeness (QED) is 0.577. The van der Waals surface area contributed by atoms with Gasteiger partial charge >= 0.3 is 0 Å². The van der Waals surface area contributed by atoms with Gasteiger partial charge in [-0.1, -0.05) is 20.4 Å². The second-order valence-corrected chi connectivity index (χ2v) is 6.43. The molecule has 0 radical (unpaired) electrons. The van der Waals surface area contributed by atoms with Gasteiger partial charge in [-0.15, -0.1) is 0 Å². The third kappa shape index (κ3) is 3.82. The summed E-state index contributed by atoms with van der Waals surface area (Å²) in [6.45, 7) is 14.4. The molecule has 0 spiro atoms. The van der Waals surface area contributed by atoms with Gasteiger partial charge in [0.05, 0.1) is 52.9 Å². The van der Waals surface area contributed by atoms with Crippen LogP contribution in [0.25, 0.3) is 0 Å². The van der Waals surface area contributed by atoms with Gasteiger partial charge in [0.15, 0.2) is 0 Å². The molecular formula is C16H28O4. The second-order valence-electron chi connectivity index (χ2n) is 6.43. The van der Waals surface area contributed by atoms with E-state index < -0.39 is 0 Å². The number of rotatable bonds is 10. The van der Waals surface area contributed by atoms with Crippen molar-refractivity contribution >= 4 is 0 Å². The normalized spacial score (nSPS) is 22.9. The molecule has 0 saturated carbocycles. The van der Waals surface area contributed by atoms with Crippen LogP contribution in [0.4, 0.5) is 0 Å². The van der Waals surface area contributed by atoms with Crippen molar-refractivity contribution in [3.8, 4) is 0 Å². The molecule has 20 heavy (non-hydrogen) atoms. The molecule has 0 aromatic heterocycles. The first-order valence-electron chi connectivity index (χ1n) is 7.61. The van der Waals surface area contributed by atoms with Crippen molar-refractivity contribution in [1.82, 2.24) is 0 Å². The molecule has 0 aromatic rings. The monoisotopic (exact) mass is 284 g/mol. The maximum Gasteiger partial charge on any atom is 0.0696 e. The molecule has 0 bridgehead atoms. The van der Waals surface area contributed by atoms with Crippen LogP contribution in [-0.2, 0) is 18.9 Å². The molecule has 0 aromatic carbocycles. The van der Waals surface area contributed by atoms with E-state index in [1.165, 1.54) is 0 Å². The highest BCUT2D eigenvalue weighted by molar-refractivity contribution is 4.95. The van der Waals surface area contributed by atoms with Crippen LogP contribution in [0.2, 0.25) is 0 Å². The summed E-state index contributed by atoms with van der Waals surface area (Å²) in [5.41, 5.74) is 1.50. The van der Waals surface area contributed by atoms with E-state index in [0.29, 0.717) is 13.2 Å². The van der Waals surface area contributed by atoms with Gasteiger partial charge < -0.3 is 18.9 Å². The van der Waals surface area contributed by atoms with Crippen LogP contribution < -0.4 is 0 Å². The average molecular weight is 284 g/mol. The van der Waals surface area contributed by atoms with Crippen molar-refractivity contribution in [2.24, 2.45) is 10.8 Å². The zero-order chi connectivity index (χ0) is 14.5. The van der Waals surface area contributed by atoms with E-state index in [0.717, 1.165) is 58.1 Å². The van der Waals surface area contributed by atoms with Gasteiger partial charge in [-0.2, -0.15) is 0 Å². The van der Waals surface area contributed by atoms with Crippen LogP contribution in [-0.4, -0.2) is 52.9 Å². The standard InChI is InChI=1S/C16H28O4/c1-4-15(10-19-11-15)8-17-6-14(3)7-18-9-16(5-2)12-20-13-16/h3-13H2,1-2H3. The van der Waals surface area contributed by atoms with E-state index in [2.05, 4.69) is 20.4 Å². The summed E-state index contributed by atoms with van der Waals surface area (Å²) in [4.78, 5) is 0. The molecule has 2 aliphatic heterocycles. The Labute approximate surface area is 122 Å². The van der Waals surface area contributed by atoms with Gasteiger partial charge in [0.25, 0.3) is 0 Å². The van der Waals surface area contributed by atoms with Gasteiger partial charge in [0.2, 0.25) is 0 Å². The molecule has 0 amide bonds. The van der Waals surface area contributed by atoms with E-state index in [1.54, 1.807) is 0 Å². The van der Waals surface area contributed by atoms with Gasteiger partial charge in [0.1, 0.15) is 0 Å². The van der Waals surface area contributed by atoms with Crippen LogP contribution in [0, 0.1) is 10.8 Å². The average Bonchev–Trinajstić information content (AvgIpc) is 2.36. The smallest absolute Gasteiger partial charge is 0.0696 e. The number of hydrogen-bond acceptors (Lipinski definition) is 4. The van der Waals surface area contributed by atoms with Crippen molar-refractivity contribution < 1.29 is 18.9 Å². The minimum absolute atomic E-state index is 0.247. The Hall–Kier alpha value is -0.420. The molecule has 4 nitrogen and oxygen atoms in total. The van der Waals surface area contributed by atoms with E-state index >= 15 is 0 Å².